The summed E-state index contributed by atoms with van der Waals surface area (Å²) in [5.41, 5.74) is 0.767. The number of ether oxygens (including phenoxy) is 1. The summed E-state index contributed by atoms with van der Waals surface area (Å²) in [5, 5.41) is 11.2. The molecule has 0 heterocycles. The number of halogens is 1. The van der Waals surface area contributed by atoms with Gasteiger partial charge in [0, 0.05) is 35.2 Å². The quantitative estimate of drug-likeness (QED) is 0.418. The van der Waals surface area contributed by atoms with Gasteiger partial charge in [-0.15, -0.1) is 0 Å². The molecule has 0 N–H and O–H groups in total. The molecule has 22 heavy (non-hydrogen) atoms. The van der Waals surface area contributed by atoms with Gasteiger partial charge in [-0.25, -0.2) is 0 Å². The van der Waals surface area contributed by atoms with Crippen LogP contribution in [-0.2, 0) is 16.1 Å². The average molecular weight is 371 g/mol. The average Bonchev–Trinajstić information content (AvgIpc) is 3.29. The van der Waals surface area contributed by atoms with Gasteiger partial charge in [-0.3, -0.25) is 19.8 Å². The Morgan fingerprint density at radius 3 is 2.77 bits per heavy atom. The minimum atomic E-state index is -0.364. The normalized spacial score (nSPS) is 15.6. The first-order valence-electron chi connectivity index (χ1n) is 7.17. The Kier molecular flexibility index (Phi) is 5.52. The highest BCUT2D eigenvalue weighted by Crippen LogP contribution is 2.32. The number of nitrogens with zero attached hydrogens (tertiary/aromatic N) is 2. The van der Waals surface area contributed by atoms with E-state index < -0.39 is 0 Å². The third-order valence-electron chi connectivity index (χ3n) is 3.79. The van der Waals surface area contributed by atoms with E-state index in [0.717, 1.165) is 17.3 Å². The number of methoxy groups -OCH3 is 1. The number of hydrogen-bond acceptors (Lipinski definition) is 5. The summed E-state index contributed by atoms with van der Waals surface area (Å²) in [6.07, 6.45) is 2.13. The number of hydrogen-bond donors (Lipinski definition) is 0. The van der Waals surface area contributed by atoms with Crippen LogP contribution in [0.15, 0.2) is 22.7 Å². The zero-order chi connectivity index (χ0) is 16.3. The van der Waals surface area contributed by atoms with Crippen molar-refractivity contribution < 1.29 is 14.5 Å². The molecule has 1 aliphatic carbocycles. The molecule has 0 amide bonds. The van der Waals surface area contributed by atoms with E-state index in [-0.39, 0.29) is 22.5 Å². The zero-order valence-corrected chi connectivity index (χ0v) is 14.2. The molecule has 1 unspecified atom stereocenters. The second-order valence-electron chi connectivity index (χ2n) is 5.61. The van der Waals surface area contributed by atoms with Crippen molar-refractivity contribution in [3.63, 3.8) is 0 Å². The van der Waals surface area contributed by atoms with E-state index in [1.54, 1.807) is 12.1 Å². The third kappa shape index (κ3) is 4.27. The van der Waals surface area contributed by atoms with Crippen molar-refractivity contribution in [1.29, 1.82) is 0 Å². The molecule has 1 aromatic carbocycles. The van der Waals surface area contributed by atoms with Gasteiger partial charge in [0.15, 0.2) is 0 Å². The van der Waals surface area contributed by atoms with Crippen LogP contribution in [-0.4, -0.2) is 35.5 Å². The van der Waals surface area contributed by atoms with Crippen molar-refractivity contribution in [2.75, 3.05) is 13.7 Å². The van der Waals surface area contributed by atoms with Crippen LogP contribution in [0.1, 0.15) is 25.3 Å². The lowest BCUT2D eigenvalue weighted by molar-refractivity contribution is -0.385. The van der Waals surface area contributed by atoms with E-state index in [1.165, 1.54) is 13.2 Å². The monoisotopic (exact) mass is 370 g/mol. The van der Waals surface area contributed by atoms with Crippen molar-refractivity contribution >= 4 is 27.6 Å². The fourth-order valence-electron chi connectivity index (χ4n) is 2.49. The minimum absolute atomic E-state index is 0.111. The lowest BCUT2D eigenvalue weighted by atomic mass is 10.1. The van der Waals surface area contributed by atoms with E-state index in [4.69, 9.17) is 4.74 Å². The molecular weight excluding hydrogens is 352 g/mol. The van der Waals surface area contributed by atoms with Crippen molar-refractivity contribution in [3.8, 4) is 0 Å². The molecule has 1 fully saturated rings. The number of benzene rings is 1. The van der Waals surface area contributed by atoms with E-state index in [9.17, 15) is 14.9 Å². The van der Waals surface area contributed by atoms with E-state index in [1.807, 2.05) is 6.92 Å². The van der Waals surface area contributed by atoms with Crippen LogP contribution in [0.4, 0.5) is 5.69 Å². The SMILES string of the molecule is COC(=O)C(C)CN(Cc1cc(Br)ccc1[N+](=O)[O-])C1CC1. The van der Waals surface area contributed by atoms with Crippen molar-refractivity contribution in [3.05, 3.63) is 38.3 Å². The Morgan fingerprint density at radius 2 is 2.23 bits per heavy atom. The Morgan fingerprint density at radius 1 is 1.55 bits per heavy atom. The van der Waals surface area contributed by atoms with Gasteiger partial charge in [-0.2, -0.15) is 0 Å². The molecule has 1 aromatic rings. The number of carbonyl (C=O) groups excluding carboxylic acids is 1. The Balaban J connectivity index is 2.16. The molecule has 7 heteroatoms. The number of esters is 1. The van der Waals surface area contributed by atoms with Crippen LogP contribution in [0.3, 0.4) is 0 Å². The molecule has 0 bridgehead atoms. The van der Waals surface area contributed by atoms with Gasteiger partial charge in [0.2, 0.25) is 0 Å². The van der Waals surface area contributed by atoms with E-state index in [2.05, 4.69) is 20.8 Å². The molecule has 6 nitrogen and oxygen atoms in total. The summed E-state index contributed by atoms with van der Waals surface area (Å²) in [7, 11) is 1.37. The number of carbonyl (C=O) groups is 1. The molecule has 0 radical (unpaired) electrons. The van der Waals surface area contributed by atoms with Crippen LogP contribution in [0.2, 0.25) is 0 Å². The molecule has 0 saturated heterocycles. The largest absolute Gasteiger partial charge is 0.469 e. The molecule has 2 rings (SSSR count). The summed E-state index contributed by atoms with van der Waals surface area (Å²) in [6, 6.07) is 5.34. The fourth-order valence-corrected chi connectivity index (χ4v) is 2.90. The van der Waals surface area contributed by atoms with Crippen molar-refractivity contribution in [2.24, 2.45) is 5.92 Å². The summed E-state index contributed by atoms with van der Waals surface area (Å²) in [5.74, 6) is -0.508. The van der Waals surface area contributed by atoms with Gasteiger partial charge < -0.3 is 4.74 Å². The first kappa shape index (κ1) is 16.9. The van der Waals surface area contributed by atoms with Crippen LogP contribution in [0.25, 0.3) is 0 Å². The van der Waals surface area contributed by atoms with Crippen molar-refractivity contribution in [1.82, 2.24) is 4.90 Å². The van der Waals surface area contributed by atoms with Gasteiger partial charge in [0.05, 0.1) is 18.0 Å². The molecule has 0 spiro atoms. The second kappa shape index (κ2) is 7.19. The van der Waals surface area contributed by atoms with Gasteiger partial charge in [0.25, 0.3) is 5.69 Å². The lowest BCUT2D eigenvalue weighted by Gasteiger charge is -2.24. The summed E-state index contributed by atoms with van der Waals surface area (Å²) in [6.45, 7) is 2.82. The van der Waals surface area contributed by atoms with Crippen LogP contribution >= 0.6 is 15.9 Å². The highest BCUT2D eigenvalue weighted by Gasteiger charge is 2.32. The molecule has 0 aliphatic heterocycles. The molecule has 1 aliphatic rings. The molecule has 1 atom stereocenters. The van der Waals surface area contributed by atoms with Crippen LogP contribution in [0, 0.1) is 16.0 Å². The maximum atomic E-state index is 11.6. The fraction of sp³-hybridized carbons (Fsp3) is 0.533. The maximum Gasteiger partial charge on any atom is 0.309 e. The predicted octanol–water partition coefficient (Wildman–Crippen LogP) is 3.13. The van der Waals surface area contributed by atoms with Crippen LogP contribution < -0.4 is 0 Å². The number of nitro groups is 1. The zero-order valence-electron chi connectivity index (χ0n) is 12.6. The summed E-state index contributed by atoms with van der Waals surface area (Å²) >= 11 is 3.36. The number of rotatable bonds is 7. The predicted molar refractivity (Wildman–Crippen MR) is 85.4 cm³/mol. The number of nitro benzene ring substituents is 1. The second-order valence-corrected chi connectivity index (χ2v) is 6.53. The first-order chi connectivity index (χ1) is 10.4. The van der Waals surface area contributed by atoms with Gasteiger partial charge in [0.1, 0.15) is 0 Å². The molecule has 120 valence electrons. The molecule has 1 saturated carbocycles. The lowest BCUT2D eigenvalue weighted by Crippen LogP contribution is -2.33. The van der Waals surface area contributed by atoms with Crippen LogP contribution in [0.5, 0.6) is 0 Å². The Labute approximate surface area is 137 Å². The topological polar surface area (TPSA) is 72.7 Å². The summed E-state index contributed by atoms with van der Waals surface area (Å²) < 4.78 is 5.57. The summed E-state index contributed by atoms with van der Waals surface area (Å²) in [4.78, 5) is 24.6. The third-order valence-corrected chi connectivity index (χ3v) is 4.28. The van der Waals surface area contributed by atoms with Gasteiger partial charge in [-0.1, -0.05) is 22.9 Å². The molecule has 0 aromatic heterocycles. The molecular formula is C15H19BrN2O4. The Bertz CT molecular complexity index is 575. The Hall–Kier alpha value is -1.47. The van der Waals surface area contributed by atoms with Gasteiger partial charge >= 0.3 is 5.97 Å². The smallest absolute Gasteiger partial charge is 0.309 e. The van der Waals surface area contributed by atoms with E-state index in [0.29, 0.717) is 24.7 Å². The van der Waals surface area contributed by atoms with Crippen molar-refractivity contribution in [2.45, 2.75) is 32.4 Å². The minimum Gasteiger partial charge on any atom is -0.469 e. The highest BCUT2D eigenvalue weighted by molar-refractivity contribution is 9.10. The van der Waals surface area contributed by atoms with E-state index >= 15 is 0 Å². The highest BCUT2D eigenvalue weighted by atomic mass is 79.9. The maximum absolute atomic E-state index is 11.6. The standard InChI is InChI=1S/C15H19BrN2O4/c1-10(15(19)22-2)8-17(13-4-5-13)9-11-7-12(16)3-6-14(11)18(20)21/h3,6-7,10,13H,4-5,8-9H2,1-2H3. The van der Waals surface area contributed by atoms with Gasteiger partial charge in [-0.05, 0) is 25.0 Å². The first-order valence-corrected chi connectivity index (χ1v) is 7.96.